The van der Waals surface area contributed by atoms with E-state index in [2.05, 4.69) is 16.0 Å². The quantitative estimate of drug-likeness (QED) is 0.548. The minimum absolute atomic E-state index is 0.00436. The Morgan fingerprint density at radius 1 is 1.00 bits per heavy atom. The highest BCUT2D eigenvalue weighted by atomic mass is 35.5. The summed E-state index contributed by atoms with van der Waals surface area (Å²) in [4.78, 5) is 24.5. The Bertz CT molecular complexity index is 950. The van der Waals surface area contributed by atoms with E-state index < -0.39 is 5.41 Å². The van der Waals surface area contributed by atoms with Crippen LogP contribution in [0.5, 0.6) is 0 Å². The monoisotopic (exact) mass is 447 g/mol. The number of rotatable bonds is 7. The molecule has 0 aliphatic heterocycles. The fourth-order valence-corrected chi connectivity index (χ4v) is 3.21. The van der Waals surface area contributed by atoms with Gasteiger partial charge in [0.1, 0.15) is 0 Å². The van der Waals surface area contributed by atoms with Crippen LogP contribution in [0.4, 0.5) is 5.69 Å². The molecule has 160 valence electrons. The van der Waals surface area contributed by atoms with Gasteiger partial charge in [-0.05, 0) is 48.2 Å². The van der Waals surface area contributed by atoms with E-state index in [1.165, 1.54) is 0 Å². The van der Waals surface area contributed by atoms with Crippen molar-refractivity contribution in [3.63, 3.8) is 0 Å². The van der Waals surface area contributed by atoms with Gasteiger partial charge in [-0.2, -0.15) is 0 Å². The molecule has 3 N–H and O–H groups in total. The fraction of sp³-hybridized carbons (Fsp3) is 0.391. The van der Waals surface area contributed by atoms with E-state index in [9.17, 15) is 9.59 Å². The van der Waals surface area contributed by atoms with Crippen LogP contribution >= 0.6 is 23.2 Å². The van der Waals surface area contributed by atoms with Gasteiger partial charge in [0, 0.05) is 35.3 Å². The lowest BCUT2D eigenvalue weighted by Gasteiger charge is -2.18. The average molecular weight is 448 g/mol. The van der Waals surface area contributed by atoms with E-state index in [4.69, 9.17) is 23.2 Å². The zero-order valence-electron chi connectivity index (χ0n) is 17.4. The number of halogens is 2. The lowest BCUT2D eigenvalue weighted by molar-refractivity contribution is -0.128. The molecule has 0 aromatic heterocycles. The minimum Gasteiger partial charge on any atom is -0.381 e. The van der Waals surface area contributed by atoms with E-state index in [-0.39, 0.29) is 17.9 Å². The summed E-state index contributed by atoms with van der Waals surface area (Å²) in [5.74, 6) is -0.156. The fourth-order valence-electron chi connectivity index (χ4n) is 2.82. The van der Waals surface area contributed by atoms with Gasteiger partial charge in [0.2, 0.25) is 5.91 Å². The largest absolute Gasteiger partial charge is 0.381 e. The molecule has 0 bridgehead atoms. The van der Waals surface area contributed by atoms with Gasteiger partial charge in [-0.1, -0.05) is 56.1 Å². The molecule has 2 amide bonds. The molecule has 1 fully saturated rings. The molecule has 3 rings (SSSR count). The second-order valence-electron chi connectivity index (χ2n) is 8.65. The maximum Gasteiger partial charge on any atom is 0.253 e. The number of benzene rings is 2. The maximum absolute atomic E-state index is 12.4. The van der Waals surface area contributed by atoms with E-state index in [0.29, 0.717) is 28.7 Å². The van der Waals surface area contributed by atoms with E-state index >= 15 is 0 Å². The standard InChI is InChI=1S/C23H27Cl2N3O2/c1-23(2,3)22(30)27-12-14-4-8-19(24)15(10-14)13-26-17-7-9-20(25)18(11-17)21(29)28-16-5-6-16/h4,7-11,16,26H,5-6,12-13H2,1-3H3,(H,27,30)(H,28,29). The Labute approximate surface area is 187 Å². The molecule has 0 saturated heterocycles. The van der Waals surface area contributed by atoms with Crippen LogP contribution in [0.1, 0.15) is 55.1 Å². The molecule has 1 saturated carbocycles. The van der Waals surface area contributed by atoms with Crippen molar-refractivity contribution in [2.45, 2.75) is 52.7 Å². The number of carbonyl (C=O) groups is 2. The van der Waals surface area contributed by atoms with Crippen molar-refractivity contribution >= 4 is 40.7 Å². The molecule has 7 heteroatoms. The molecular weight excluding hydrogens is 421 g/mol. The summed E-state index contributed by atoms with van der Waals surface area (Å²) < 4.78 is 0. The SMILES string of the molecule is CC(C)(C)C(=O)NCc1ccc(Cl)c(CNc2ccc(Cl)c(C(=O)NC3CC3)c2)c1. The van der Waals surface area contributed by atoms with Crippen LogP contribution in [0.2, 0.25) is 10.0 Å². The third kappa shape index (κ3) is 6.13. The Morgan fingerprint density at radius 2 is 1.70 bits per heavy atom. The first kappa shape index (κ1) is 22.4. The Kier molecular flexibility index (Phi) is 6.94. The molecule has 2 aromatic rings. The van der Waals surface area contributed by atoms with Crippen molar-refractivity contribution in [3.8, 4) is 0 Å². The first-order valence-electron chi connectivity index (χ1n) is 10.0. The van der Waals surface area contributed by atoms with E-state index in [1.54, 1.807) is 12.1 Å². The summed E-state index contributed by atoms with van der Waals surface area (Å²) in [5, 5.41) is 10.3. The topological polar surface area (TPSA) is 70.2 Å². The van der Waals surface area contributed by atoms with Gasteiger partial charge in [-0.3, -0.25) is 9.59 Å². The van der Waals surface area contributed by atoms with Crippen LogP contribution in [0.25, 0.3) is 0 Å². The summed E-state index contributed by atoms with van der Waals surface area (Å²) in [6.45, 7) is 6.55. The zero-order chi connectivity index (χ0) is 21.9. The van der Waals surface area contributed by atoms with Crippen LogP contribution < -0.4 is 16.0 Å². The lowest BCUT2D eigenvalue weighted by Crippen LogP contribution is -2.34. The molecule has 1 aliphatic rings. The minimum atomic E-state index is -0.436. The number of anilines is 1. The van der Waals surface area contributed by atoms with Gasteiger partial charge < -0.3 is 16.0 Å². The second-order valence-corrected chi connectivity index (χ2v) is 9.47. The highest BCUT2D eigenvalue weighted by molar-refractivity contribution is 6.34. The summed E-state index contributed by atoms with van der Waals surface area (Å²) in [7, 11) is 0. The van der Waals surface area contributed by atoms with Crippen LogP contribution in [0, 0.1) is 5.41 Å². The Morgan fingerprint density at radius 3 is 2.37 bits per heavy atom. The lowest BCUT2D eigenvalue weighted by atomic mass is 9.95. The number of carbonyl (C=O) groups excluding carboxylic acids is 2. The molecule has 5 nitrogen and oxygen atoms in total. The van der Waals surface area contributed by atoms with Crippen molar-refractivity contribution in [1.29, 1.82) is 0 Å². The van der Waals surface area contributed by atoms with Crippen LogP contribution in [-0.4, -0.2) is 17.9 Å². The van der Waals surface area contributed by atoms with Crippen LogP contribution in [0.3, 0.4) is 0 Å². The van der Waals surface area contributed by atoms with Gasteiger partial charge in [0.05, 0.1) is 10.6 Å². The zero-order valence-corrected chi connectivity index (χ0v) is 19.0. The van der Waals surface area contributed by atoms with Crippen molar-refractivity contribution < 1.29 is 9.59 Å². The summed E-state index contributed by atoms with van der Waals surface area (Å²) in [6, 6.07) is 11.3. The number of hydrogen-bond acceptors (Lipinski definition) is 3. The summed E-state index contributed by atoms with van der Waals surface area (Å²) in [5.41, 5.74) is 2.67. The predicted octanol–water partition coefficient (Wildman–Crippen LogP) is 5.16. The Balaban J connectivity index is 1.65. The predicted molar refractivity (Wildman–Crippen MR) is 122 cm³/mol. The van der Waals surface area contributed by atoms with Crippen molar-refractivity contribution in [1.82, 2.24) is 10.6 Å². The average Bonchev–Trinajstić information content (AvgIpc) is 3.50. The van der Waals surface area contributed by atoms with Crippen molar-refractivity contribution in [2.24, 2.45) is 5.41 Å². The van der Waals surface area contributed by atoms with Gasteiger partial charge >= 0.3 is 0 Å². The molecule has 0 heterocycles. The molecular formula is C23H27Cl2N3O2. The normalized spacial score (nSPS) is 13.6. The van der Waals surface area contributed by atoms with Crippen LogP contribution in [0.15, 0.2) is 36.4 Å². The van der Waals surface area contributed by atoms with Gasteiger partial charge in [0.25, 0.3) is 5.91 Å². The first-order valence-corrected chi connectivity index (χ1v) is 10.8. The van der Waals surface area contributed by atoms with Crippen molar-refractivity contribution in [3.05, 3.63) is 63.1 Å². The summed E-state index contributed by atoms with van der Waals surface area (Å²) in [6.07, 6.45) is 2.04. The van der Waals surface area contributed by atoms with Crippen molar-refractivity contribution in [2.75, 3.05) is 5.32 Å². The molecule has 0 radical (unpaired) electrons. The highest BCUT2D eigenvalue weighted by Crippen LogP contribution is 2.25. The molecule has 1 aliphatic carbocycles. The summed E-state index contributed by atoms with van der Waals surface area (Å²) >= 11 is 12.6. The molecule has 2 aromatic carbocycles. The van der Waals surface area contributed by atoms with E-state index in [0.717, 1.165) is 29.7 Å². The van der Waals surface area contributed by atoms with Crippen LogP contribution in [-0.2, 0) is 17.9 Å². The maximum atomic E-state index is 12.4. The third-order valence-corrected chi connectivity index (χ3v) is 5.55. The number of amides is 2. The molecule has 0 unspecified atom stereocenters. The Hall–Kier alpha value is -2.24. The molecule has 0 spiro atoms. The van der Waals surface area contributed by atoms with Gasteiger partial charge in [-0.25, -0.2) is 0 Å². The second kappa shape index (κ2) is 9.27. The number of nitrogens with one attached hydrogen (secondary N) is 3. The first-order chi connectivity index (χ1) is 14.1. The third-order valence-electron chi connectivity index (χ3n) is 4.85. The number of hydrogen-bond donors (Lipinski definition) is 3. The van der Waals surface area contributed by atoms with E-state index in [1.807, 2.05) is 45.0 Å². The molecule has 0 atom stereocenters. The van der Waals surface area contributed by atoms with Gasteiger partial charge in [-0.15, -0.1) is 0 Å². The highest BCUT2D eigenvalue weighted by Gasteiger charge is 2.25. The van der Waals surface area contributed by atoms with Gasteiger partial charge in [0.15, 0.2) is 0 Å². The molecule has 30 heavy (non-hydrogen) atoms. The smallest absolute Gasteiger partial charge is 0.253 e.